The highest BCUT2D eigenvalue weighted by Gasteiger charge is 2.77. The van der Waals surface area contributed by atoms with Gasteiger partial charge in [0, 0.05) is 0 Å². The van der Waals surface area contributed by atoms with Crippen LogP contribution in [0.15, 0.2) is 0 Å². The van der Waals surface area contributed by atoms with Crippen molar-refractivity contribution in [3.8, 4) is 0 Å². The SMILES string of the molecule is OC1CC2C3CC(OCC4CO4)C(C3)C23CC13. The van der Waals surface area contributed by atoms with Gasteiger partial charge in [0.2, 0.25) is 0 Å². The van der Waals surface area contributed by atoms with E-state index in [0.29, 0.717) is 23.5 Å². The van der Waals surface area contributed by atoms with Gasteiger partial charge < -0.3 is 14.6 Å². The highest BCUT2D eigenvalue weighted by molar-refractivity contribution is 5.25. The molecule has 1 N–H and O–H groups in total. The fourth-order valence-corrected chi connectivity index (χ4v) is 5.73. The zero-order valence-corrected chi connectivity index (χ0v) is 10.0. The molecule has 8 unspecified atom stereocenters. The smallest absolute Gasteiger partial charge is 0.104 e. The summed E-state index contributed by atoms with van der Waals surface area (Å²) in [4.78, 5) is 0. The molecule has 8 atom stereocenters. The molecule has 17 heavy (non-hydrogen) atoms. The molecule has 0 aromatic heterocycles. The van der Waals surface area contributed by atoms with E-state index in [-0.39, 0.29) is 6.10 Å². The van der Waals surface area contributed by atoms with Crippen LogP contribution in [0.2, 0.25) is 0 Å². The minimum Gasteiger partial charge on any atom is -0.393 e. The summed E-state index contributed by atoms with van der Waals surface area (Å²) < 4.78 is 11.3. The van der Waals surface area contributed by atoms with E-state index >= 15 is 0 Å². The van der Waals surface area contributed by atoms with Crippen LogP contribution in [0.5, 0.6) is 0 Å². The van der Waals surface area contributed by atoms with Crippen LogP contribution >= 0.6 is 0 Å². The average Bonchev–Trinajstić information content (AvgIpc) is 3.18. The third-order valence-electron chi connectivity index (χ3n) is 6.45. The van der Waals surface area contributed by atoms with Crippen LogP contribution < -0.4 is 0 Å². The summed E-state index contributed by atoms with van der Waals surface area (Å²) in [6, 6.07) is 0. The van der Waals surface area contributed by atoms with Crippen molar-refractivity contribution in [2.24, 2.45) is 29.1 Å². The molecule has 0 aromatic carbocycles. The van der Waals surface area contributed by atoms with Gasteiger partial charge in [-0.25, -0.2) is 0 Å². The lowest BCUT2D eigenvalue weighted by molar-refractivity contribution is -0.0269. The Morgan fingerprint density at radius 2 is 2.06 bits per heavy atom. The van der Waals surface area contributed by atoms with E-state index in [4.69, 9.17) is 9.47 Å². The number of aliphatic hydroxyl groups is 1. The van der Waals surface area contributed by atoms with Gasteiger partial charge in [0.05, 0.1) is 25.4 Å². The Balaban J connectivity index is 1.36. The predicted molar refractivity (Wildman–Crippen MR) is 60.3 cm³/mol. The molecule has 94 valence electrons. The summed E-state index contributed by atoms with van der Waals surface area (Å²) in [6.07, 6.45) is 5.90. The minimum atomic E-state index is 0.0100. The Morgan fingerprint density at radius 3 is 2.82 bits per heavy atom. The molecule has 0 radical (unpaired) electrons. The summed E-state index contributed by atoms with van der Waals surface area (Å²) >= 11 is 0. The molecule has 4 saturated carbocycles. The molecular formula is C14H20O3. The fraction of sp³-hybridized carbons (Fsp3) is 1.00. The first-order valence-corrected chi connectivity index (χ1v) is 7.20. The maximum Gasteiger partial charge on any atom is 0.104 e. The van der Waals surface area contributed by atoms with E-state index in [2.05, 4.69) is 0 Å². The van der Waals surface area contributed by atoms with E-state index < -0.39 is 0 Å². The third kappa shape index (κ3) is 1.09. The van der Waals surface area contributed by atoms with Gasteiger partial charge in [-0.15, -0.1) is 0 Å². The molecule has 5 aliphatic rings. The zero-order valence-electron chi connectivity index (χ0n) is 10.0. The molecule has 2 bridgehead atoms. The van der Waals surface area contributed by atoms with Crippen molar-refractivity contribution in [1.29, 1.82) is 0 Å². The zero-order chi connectivity index (χ0) is 11.2. The van der Waals surface area contributed by atoms with E-state index in [1.54, 1.807) is 0 Å². The van der Waals surface area contributed by atoms with Crippen LogP contribution in [0, 0.1) is 29.1 Å². The lowest BCUT2D eigenvalue weighted by Gasteiger charge is -2.34. The molecule has 1 aliphatic heterocycles. The molecule has 3 heteroatoms. The Kier molecular flexibility index (Phi) is 1.66. The van der Waals surface area contributed by atoms with Gasteiger partial charge in [-0.05, 0) is 54.8 Å². The topological polar surface area (TPSA) is 42.0 Å². The van der Waals surface area contributed by atoms with Crippen molar-refractivity contribution in [2.45, 2.75) is 44.0 Å². The maximum atomic E-state index is 10.1. The van der Waals surface area contributed by atoms with Crippen molar-refractivity contribution >= 4 is 0 Å². The van der Waals surface area contributed by atoms with E-state index in [1.807, 2.05) is 0 Å². The Hall–Kier alpha value is -0.120. The minimum absolute atomic E-state index is 0.0100. The maximum absolute atomic E-state index is 10.1. The highest BCUT2D eigenvalue weighted by Crippen LogP contribution is 2.80. The van der Waals surface area contributed by atoms with Gasteiger partial charge in [0.1, 0.15) is 6.10 Å². The second-order valence-electron chi connectivity index (χ2n) is 7.00. The molecule has 5 fully saturated rings. The summed E-state index contributed by atoms with van der Waals surface area (Å²) in [6.45, 7) is 1.71. The third-order valence-corrected chi connectivity index (χ3v) is 6.45. The molecular weight excluding hydrogens is 216 g/mol. The monoisotopic (exact) mass is 236 g/mol. The first-order chi connectivity index (χ1) is 8.29. The normalized spacial score (nSPS) is 65.8. The molecule has 1 spiro atoms. The molecule has 0 aromatic rings. The number of hydrogen-bond acceptors (Lipinski definition) is 3. The standard InChI is InChI=1S/C14H20O3/c15-12-3-9-7-1-10(14(9)4-11(12)14)13(2-7)17-6-8-5-16-8/h7-13,15H,1-6H2. The number of fused-ring (bicyclic) bond motifs is 3. The van der Waals surface area contributed by atoms with Gasteiger partial charge in [-0.2, -0.15) is 0 Å². The lowest BCUT2D eigenvalue weighted by atomic mass is 9.76. The van der Waals surface area contributed by atoms with Crippen LogP contribution in [-0.2, 0) is 9.47 Å². The molecule has 0 amide bonds. The van der Waals surface area contributed by atoms with Crippen LogP contribution in [0.4, 0.5) is 0 Å². The van der Waals surface area contributed by atoms with Crippen molar-refractivity contribution in [3.05, 3.63) is 0 Å². The van der Waals surface area contributed by atoms with Crippen LogP contribution in [0.25, 0.3) is 0 Å². The van der Waals surface area contributed by atoms with E-state index in [0.717, 1.165) is 37.4 Å². The quantitative estimate of drug-likeness (QED) is 0.749. The molecule has 4 aliphatic carbocycles. The van der Waals surface area contributed by atoms with Crippen molar-refractivity contribution in [2.75, 3.05) is 13.2 Å². The fourth-order valence-electron chi connectivity index (χ4n) is 5.73. The van der Waals surface area contributed by atoms with Gasteiger partial charge in [0.25, 0.3) is 0 Å². The summed E-state index contributed by atoms with van der Waals surface area (Å²) in [5.41, 5.74) is 0.525. The number of aliphatic hydroxyl groups excluding tert-OH is 1. The molecule has 1 heterocycles. The predicted octanol–water partition coefficient (Wildman–Crippen LogP) is 1.20. The second-order valence-corrected chi connectivity index (χ2v) is 7.00. The highest BCUT2D eigenvalue weighted by atomic mass is 16.6. The average molecular weight is 236 g/mol. The summed E-state index contributed by atoms with van der Waals surface area (Å²) in [7, 11) is 0. The number of hydrogen-bond donors (Lipinski definition) is 1. The Labute approximate surface area is 101 Å². The molecule has 5 rings (SSSR count). The number of epoxide rings is 1. The van der Waals surface area contributed by atoms with E-state index in [9.17, 15) is 5.11 Å². The first-order valence-electron chi connectivity index (χ1n) is 7.20. The summed E-state index contributed by atoms with van der Waals surface area (Å²) in [5.74, 6) is 3.08. The van der Waals surface area contributed by atoms with Crippen molar-refractivity contribution in [3.63, 3.8) is 0 Å². The Bertz CT molecular complexity index is 366. The van der Waals surface area contributed by atoms with Gasteiger partial charge in [-0.1, -0.05) is 0 Å². The van der Waals surface area contributed by atoms with Gasteiger partial charge in [0.15, 0.2) is 0 Å². The van der Waals surface area contributed by atoms with E-state index in [1.165, 1.54) is 19.3 Å². The van der Waals surface area contributed by atoms with Crippen molar-refractivity contribution in [1.82, 2.24) is 0 Å². The van der Waals surface area contributed by atoms with Gasteiger partial charge >= 0.3 is 0 Å². The second kappa shape index (κ2) is 2.89. The van der Waals surface area contributed by atoms with Crippen molar-refractivity contribution < 1.29 is 14.6 Å². The largest absolute Gasteiger partial charge is 0.393 e. The van der Waals surface area contributed by atoms with Crippen LogP contribution in [-0.4, -0.2) is 36.6 Å². The van der Waals surface area contributed by atoms with Crippen LogP contribution in [0.1, 0.15) is 25.7 Å². The van der Waals surface area contributed by atoms with Crippen LogP contribution in [0.3, 0.4) is 0 Å². The first kappa shape index (κ1) is 9.76. The molecule has 3 nitrogen and oxygen atoms in total. The number of ether oxygens (including phenoxy) is 2. The number of rotatable bonds is 3. The summed E-state index contributed by atoms with van der Waals surface area (Å²) in [5, 5.41) is 10.1. The Morgan fingerprint density at radius 1 is 1.18 bits per heavy atom. The van der Waals surface area contributed by atoms with Gasteiger partial charge in [-0.3, -0.25) is 0 Å². The molecule has 1 saturated heterocycles. The lowest BCUT2D eigenvalue weighted by Crippen LogP contribution is -2.34.